The molecule has 7 aromatic rings. The van der Waals surface area contributed by atoms with Crippen LogP contribution in [-0.4, -0.2) is 15.0 Å². The largest absolute Gasteiger partial charge is 0.209 e. The van der Waals surface area contributed by atoms with Gasteiger partial charge in [0.15, 0.2) is 17.5 Å². The lowest BCUT2D eigenvalue weighted by atomic mass is 9.66. The van der Waals surface area contributed by atoms with E-state index in [9.17, 15) is 5.26 Å². The predicted octanol–water partition coefficient (Wildman–Crippen LogP) is 11.6. The molecular formula is C48H32N4S. The molecule has 0 saturated carbocycles. The zero-order chi connectivity index (χ0) is 35.9. The van der Waals surface area contributed by atoms with E-state index in [1.54, 1.807) is 11.8 Å². The van der Waals surface area contributed by atoms with Crippen molar-refractivity contribution in [2.75, 3.05) is 0 Å². The number of fused-ring (bicyclic) bond motifs is 9. The quantitative estimate of drug-likeness (QED) is 0.162. The Kier molecular flexibility index (Phi) is 8.03. The van der Waals surface area contributed by atoms with Crippen LogP contribution in [0, 0.1) is 11.3 Å². The molecule has 2 heterocycles. The minimum absolute atomic E-state index is 0.571. The van der Waals surface area contributed by atoms with Gasteiger partial charge in [0, 0.05) is 20.9 Å². The van der Waals surface area contributed by atoms with Gasteiger partial charge in [-0.1, -0.05) is 152 Å². The normalized spacial score (nSPS) is 13.5. The van der Waals surface area contributed by atoms with Crippen LogP contribution in [-0.2, 0) is 5.41 Å². The summed E-state index contributed by atoms with van der Waals surface area (Å²) in [6, 6.07) is 52.6. The fourth-order valence-corrected chi connectivity index (χ4v) is 8.79. The molecule has 53 heavy (non-hydrogen) atoms. The summed E-state index contributed by atoms with van der Waals surface area (Å²) in [5, 5.41) is 10.0. The fraction of sp³-hybridized carbons (Fsp3) is 0.0417. The van der Waals surface area contributed by atoms with Gasteiger partial charge in [0.2, 0.25) is 0 Å². The lowest BCUT2D eigenvalue weighted by molar-refractivity contribution is 0.721. The van der Waals surface area contributed by atoms with Crippen molar-refractivity contribution in [2.24, 2.45) is 0 Å². The van der Waals surface area contributed by atoms with E-state index in [1.165, 1.54) is 37.6 Å². The van der Waals surface area contributed by atoms with Crippen LogP contribution in [0.25, 0.3) is 45.0 Å². The summed E-state index contributed by atoms with van der Waals surface area (Å²) in [6.07, 6.45) is 6.09. The van der Waals surface area contributed by atoms with Crippen LogP contribution in [0.5, 0.6) is 0 Å². The molecule has 1 aliphatic carbocycles. The van der Waals surface area contributed by atoms with Crippen LogP contribution in [0.1, 0.15) is 46.1 Å². The number of allylic oxidation sites excluding steroid dienone is 5. The van der Waals surface area contributed by atoms with Crippen LogP contribution in [0.2, 0.25) is 0 Å². The summed E-state index contributed by atoms with van der Waals surface area (Å²) >= 11 is 1.76. The predicted molar refractivity (Wildman–Crippen MR) is 215 cm³/mol. The molecule has 0 saturated heterocycles. The van der Waals surface area contributed by atoms with E-state index in [0.29, 0.717) is 23.0 Å². The summed E-state index contributed by atoms with van der Waals surface area (Å²) < 4.78 is 0. The molecule has 250 valence electrons. The number of hydrogen-bond donors (Lipinski definition) is 0. The van der Waals surface area contributed by atoms with E-state index in [2.05, 4.69) is 91.5 Å². The molecule has 9 rings (SSSR count). The van der Waals surface area contributed by atoms with E-state index >= 15 is 0 Å². The summed E-state index contributed by atoms with van der Waals surface area (Å²) in [7, 11) is 0. The average molecular weight is 697 g/mol. The van der Waals surface area contributed by atoms with Gasteiger partial charge in [0.05, 0.1) is 17.0 Å². The van der Waals surface area contributed by atoms with Gasteiger partial charge < -0.3 is 0 Å². The number of nitrogens with zero attached hydrogens (tertiary/aromatic N) is 4. The first-order chi connectivity index (χ1) is 26.0. The Morgan fingerprint density at radius 1 is 0.642 bits per heavy atom. The molecule has 0 radical (unpaired) electrons. The van der Waals surface area contributed by atoms with Gasteiger partial charge in [0.25, 0.3) is 0 Å². The monoisotopic (exact) mass is 696 g/mol. The first-order valence-corrected chi connectivity index (χ1v) is 18.3. The van der Waals surface area contributed by atoms with Crippen molar-refractivity contribution in [2.45, 2.75) is 22.1 Å². The Bertz CT molecular complexity index is 2580. The van der Waals surface area contributed by atoms with Crippen LogP contribution in [0.3, 0.4) is 0 Å². The molecule has 1 aromatic heterocycles. The zero-order valence-electron chi connectivity index (χ0n) is 29.0. The van der Waals surface area contributed by atoms with E-state index in [-0.39, 0.29) is 0 Å². The Morgan fingerprint density at radius 2 is 1.19 bits per heavy atom. The van der Waals surface area contributed by atoms with Crippen molar-refractivity contribution >= 4 is 22.9 Å². The second kappa shape index (κ2) is 13.2. The van der Waals surface area contributed by atoms with Crippen molar-refractivity contribution < 1.29 is 0 Å². The highest BCUT2D eigenvalue weighted by Gasteiger charge is 2.50. The Hall–Kier alpha value is -6.61. The van der Waals surface area contributed by atoms with Crippen LogP contribution >= 0.6 is 11.8 Å². The number of nitriles is 1. The summed E-state index contributed by atoms with van der Waals surface area (Å²) in [4.78, 5) is 16.9. The lowest BCUT2D eigenvalue weighted by Gasteiger charge is -2.40. The van der Waals surface area contributed by atoms with Crippen molar-refractivity contribution in [1.82, 2.24) is 15.0 Å². The molecule has 1 aliphatic heterocycles. The van der Waals surface area contributed by atoms with Gasteiger partial charge in [-0.05, 0) is 87.3 Å². The number of benzene rings is 6. The first kappa shape index (κ1) is 32.3. The minimum Gasteiger partial charge on any atom is -0.209 e. The van der Waals surface area contributed by atoms with Crippen molar-refractivity contribution in [3.8, 4) is 40.0 Å². The maximum absolute atomic E-state index is 10.0. The van der Waals surface area contributed by atoms with Crippen LogP contribution < -0.4 is 0 Å². The molecule has 0 fully saturated rings. The Labute approximate surface area is 313 Å². The second-order valence-electron chi connectivity index (χ2n) is 13.2. The molecule has 0 amide bonds. The van der Waals surface area contributed by atoms with Crippen LogP contribution in [0.4, 0.5) is 0 Å². The molecule has 2 aliphatic rings. The van der Waals surface area contributed by atoms with E-state index < -0.39 is 5.41 Å². The maximum Gasteiger partial charge on any atom is 0.164 e. The van der Waals surface area contributed by atoms with E-state index in [4.69, 9.17) is 15.0 Å². The molecule has 0 bridgehead atoms. The molecule has 4 nitrogen and oxygen atoms in total. The second-order valence-corrected chi connectivity index (χ2v) is 14.3. The van der Waals surface area contributed by atoms with Gasteiger partial charge in [-0.3, -0.25) is 0 Å². The van der Waals surface area contributed by atoms with E-state index in [0.717, 1.165) is 33.4 Å². The topological polar surface area (TPSA) is 62.5 Å². The average Bonchev–Trinajstić information content (AvgIpc) is 3.51. The molecular weight excluding hydrogens is 665 g/mol. The SMILES string of the molecule is C=C(/C=C\C=C(/C)c1nc(-c2ccccc2)nc(-c2ccccc2)n1)c1ccc2c(c1)C1(c3cc(C#N)ccc3S2)c2ccccc2-c2ccccc21. The van der Waals surface area contributed by atoms with Gasteiger partial charge in [-0.2, -0.15) is 5.26 Å². The summed E-state index contributed by atoms with van der Waals surface area (Å²) in [6.45, 7) is 6.54. The highest BCUT2D eigenvalue weighted by atomic mass is 32.2. The lowest BCUT2D eigenvalue weighted by Crippen LogP contribution is -2.32. The van der Waals surface area contributed by atoms with E-state index in [1.807, 2.05) is 91.9 Å². The first-order valence-electron chi connectivity index (χ1n) is 17.5. The third-order valence-electron chi connectivity index (χ3n) is 10.1. The maximum atomic E-state index is 10.0. The Morgan fingerprint density at radius 3 is 1.79 bits per heavy atom. The third kappa shape index (κ3) is 5.44. The standard InChI is InChI=1S/C48H32N4S/c1-31(14-13-15-32(2)45-50-46(34-16-5-3-6-17-34)52-47(51-45)35-18-7-4-8-19-35)36-25-27-44-42(29-36)48(41-28-33(30-49)24-26-43(41)53-44)39-22-11-9-20-37(39)38-21-10-12-23-40(38)48/h3-29H,1H2,2H3/b14-13-,32-15+. The van der Waals surface area contributed by atoms with Gasteiger partial charge in [-0.25, -0.2) is 15.0 Å². The van der Waals surface area contributed by atoms with Gasteiger partial charge in [-0.15, -0.1) is 0 Å². The molecule has 5 heteroatoms. The zero-order valence-corrected chi connectivity index (χ0v) is 29.8. The van der Waals surface area contributed by atoms with Gasteiger partial charge in [0.1, 0.15) is 0 Å². The van der Waals surface area contributed by atoms with Crippen molar-refractivity contribution in [3.63, 3.8) is 0 Å². The molecule has 0 atom stereocenters. The molecule has 6 aromatic carbocycles. The number of hydrogen-bond acceptors (Lipinski definition) is 5. The van der Waals surface area contributed by atoms with Crippen LogP contribution in [0.15, 0.2) is 180 Å². The van der Waals surface area contributed by atoms with Crippen molar-refractivity contribution in [1.29, 1.82) is 5.26 Å². The minimum atomic E-state index is -0.571. The number of aromatic nitrogens is 3. The van der Waals surface area contributed by atoms with Gasteiger partial charge >= 0.3 is 0 Å². The van der Waals surface area contributed by atoms with Crippen molar-refractivity contribution in [3.05, 3.63) is 210 Å². The summed E-state index contributed by atoms with van der Waals surface area (Å²) in [5.74, 6) is 1.89. The molecule has 1 spiro atoms. The number of rotatable bonds is 6. The highest BCUT2D eigenvalue weighted by Crippen LogP contribution is 2.62. The fourth-order valence-electron chi connectivity index (χ4n) is 7.64. The molecule has 0 N–H and O–H groups in total. The Balaban J connectivity index is 1.11. The smallest absolute Gasteiger partial charge is 0.164 e. The third-order valence-corrected chi connectivity index (χ3v) is 11.3. The highest BCUT2D eigenvalue weighted by molar-refractivity contribution is 7.99. The summed E-state index contributed by atoms with van der Waals surface area (Å²) in [5.41, 5.74) is 12.1. The molecule has 0 unspecified atom stereocenters.